The fourth-order valence-electron chi connectivity index (χ4n) is 1.46. The number of hydrogen-bond donors (Lipinski definition) is 2. The molecule has 0 atom stereocenters. The molecule has 19 heavy (non-hydrogen) atoms. The molecule has 0 saturated heterocycles. The summed E-state index contributed by atoms with van der Waals surface area (Å²) in [4.78, 5) is 12.6. The summed E-state index contributed by atoms with van der Waals surface area (Å²) in [5.41, 5.74) is 6.23. The molecule has 0 unspecified atom stereocenters. The van der Waals surface area contributed by atoms with Crippen molar-refractivity contribution >= 4 is 29.0 Å². The molecule has 0 spiro atoms. The number of thioether (sulfide) groups is 1. The predicted octanol–water partition coefficient (Wildman–Crippen LogP) is 1.87. The largest absolute Gasteiger partial charge is 0.397 e. The standard InChI is InChI=1S/C12H13FN4OS/c1-17-6-9(5-15-17)19-7-12(18)16-11-3-2-8(13)4-10(11)14/h2-6H,7,14H2,1H3,(H,16,18). The van der Waals surface area contributed by atoms with Crippen LogP contribution in [0.25, 0.3) is 0 Å². The van der Waals surface area contributed by atoms with E-state index in [1.54, 1.807) is 10.9 Å². The average Bonchev–Trinajstić information content (AvgIpc) is 2.76. The molecular formula is C12H13FN4OS. The summed E-state index contributed by atoms with van der Waals surface area (Å²) in [6.07, 6.45) is 3.51. The van der Waals surface area contributed by atoms with E-state index in [1.807, 2.05) is 13.2 Å². The van der Waals surface area contributed by atoms with Crippen LogP contribution < -0.4 is 11.1 Å². The van der Waals surface area contributed by atoms with Gasteiger partial charge in [-0.25, -0.2) is 4.39 Å². The molecule has 2 aromatic rings. The van der Waals surface area contributed by atoms with Gasteiger partial charge in [0.2, 0.25) is 5.91 Å². The van der Waals surface area contributed by atoms with Gasteiger partial charge in [0.05, 0.1) is 23.3 Å². The highest BCUT2D eigenvalue weighted by Crippen LogP contribution is 2.21. The molecule has 2 rings (SSSR count). The SMILES string of the molecule is Cn1cc(SCC(=O)Nc2ccc(F)cc2N)cn1. The molecule has 1 heterocycles. The van der Waals surface area contributed by atoms with Crippen molar-refractivity contribution in [3.05, 3.63) is 36.4 Å². The maximum atomic E-state index is 12.9. The third-order valence-corrected chi connectivity index (χ3v) is 3.29. The number of amides is 1. The Balaban J connectivity index is 1.90. The Morgan fingerprint density at radius 3 is 3.00 bits per heavy atom. The molecule has 0 aliphatic rings. The number of halogens is 1. The van der Waals surface area contributed by atoms with Crippen LogP contribution in [-0.4, -0.2) is 21.4 Å². The summed E-state index contributed by atoms with van der Waals surface area (Å²) in [6.45, 7) is 0. The summed E-state index contributed by atoms with van der Waals surface area (Å²) in [5.74, 6) is -0.393. The van der Waals surface area contributed by atoms with Gasteiger partial charge >= 0.3 is 0 Å². The lowest BCUT2D eigenvalue weighted by Gasteiger charge is -2.07. The Hall–Kier alpha value is -2.02. The van der Waals surface area contributed by atoms with Crippen molar-refractivity contribution in [2.75, 3.05) is 16.8 Å². The van der Waals surface area contributed by atoms with E-state index in [1.165, 1.54) is 30.0 Å². The van der Waals surface area contributed by atoms with Gasteiger partial charge in [-0.1, -0.05) is 0 Å². The predicted molar refractivity (Wildman–Crippen MR) is 73.4 cm³/mol. The number of aryl methyl sites for hydroxylation is 1. The first-order valence-electron chi connectivity index (χ1n) is 5.51. The van der Waals surface area contributed by atoms with Gasteiger partial charge < -0.3 is 11.1 Å². The molecule has 0 saturated carbocycles. The molecule has 1 aromatic heterocycles. The zero-order valence-electron chi connectivity index (χ0n) is 10.3. The highest BCUT2D eigenvalue weighted by Gasteiger charge is 2.07. The number of carbonyl (C=O) groups is 1. The van der Waals surface area contributed by atoms with Crippen LogP contribution >= 0.6 is 11.8 Å². The molecule has 0 bridgehead atoms. The number of benzene rings is 1. The lowest BCUT2D eigenvalue weighted by atomic mass is 10.2. The average molecular weight is 280 g/mol. The van der Waals surface area contributed by atoms with E-state index >= 15 is 0 Å². The lowest BCUT2D eigenvalue weighted by molar-refractivity contribution is -0.113. The second-order valence-electron chi connectivity index (χ2n) is 3.92. The van der Waals surface area contributed by atoms with Gasteiger partial charge in [-0.3, -0.25) is 9.48 Å². The number of carbonyl (C=O) groups excluding carboxylic acids is 1. The molecular weight excluding hydrogens is 267 g/mol. The fraction of sp³-hybridized carbons (Fsp3) is 0.167. The highest BCUT2D eigenvalue weighted by molar-refractivity contribution is 8.00. The first-order chi connectivity index (χ1) is 9.04. The van der Waals surface area contributed by atoms with E-state index in [9.17, 15) is 9.18 Å². The molecule has 0 fully saturated rings. The summed E-state index contributed by atoms with van der Waals surface area (Å²) in [7, 11) is 1.81. The minimum Gasteiger partial charge on any atom is -0.397 e. The fourth-order valence-corrected chi connectivity index (χ4v) is 2.17. The van der Waals surface area contributed by atoms with Crippen molar-refractivity contribution in [3.63, 3.8) is 0 Å². The third kappa shape index (κ3) is 3.72. The van der Waals surface area contributed by atoms with Gasteiger partial charge in [0.1, 0.15) is 5.82 Å². The number of hydrogen-bond acceptors (Lipinski definition) is 4. The quantitative estimate of drug-likeness (QED) is 0.662. The number of nitrogens with zero attached hydrogens (tertiary/aromatic N) is 2. The van der Waals surface area contributed by atoms with Gasteiger partial charge in [-0.2, -0.15) is 5.10 Å². The molecule has 7 heteroatoms. The third-order valence-electron chi connectivity index (χ3n) is 2.34. The minimum absolute atomic E-state index is 0.202. The van der Waals surface area contributed by atoms with E-state index in [4.69, 9.17) is 5.73 Å². The maximum absolute atomic E-state index is 12.9. The van der Waals surface area contributed by atoms with E-state index in [-0.39, 0.29) is 17.3 Å². The molecule has 0 aliphatic carbocycles. The zero-order chi connectivity index (χ0) is 13.8. The zero-order valence-corrected chi connectivity index (χ0v) is 11.1. The monoisotopic (exact) mass is 280 g/mol. The molecule has 0 aliphatic heterocycles. The van der Waals surface area contributed by atoms with Crippen LogP contribution in [0.1, 0.15) is 0 Å². The molecule has 1 amide bonds. The van der Waals surface area contributed by atoms with E-state index in [0.29, 0.717) is 5.69 Å². The normalized spacial score (nSPS) is 10.4. The van der Waals surface area contributed by atoms with Crippen LogP contribution in [-0.2, 0) is 11.8 Å². The van der Waals surface area contributed by atoms with Crippen LogP contribution in [0.15, 0.2) is 35.5 Å². The molecule has 0 radical (unpaired) electrons. The number of nitrogens with one attached hydrogen (secondary N) is 1. The van der Waals surface area contributed by atoms with Crippen LogP contribution in [0.2, 0.25) is 0 Å². The van der Waals surface area contributed by atoms with E-state index < -0.39 is 5.82 Å². The van der Waals surface area contributed by atoms with Gasteiger partial charge in [0.15, 0.2) is 0 Å². The highest BCUT2D eigenvalue weighted by atomic mass is 32.2. The number of nitrogens with two attached hydrogens (primary N) is 1. The summed E-state index contributed by atoms with van der Waals surface area (Å²) in [5, 5.41) is 6.64. The van der Waals surface area contributed by atoms with Crippen molar-refractivity contribution in [1.82, 2.24) is 9.78 Å². The van der Waals surface area contributed by atoms with Crippen molar-refractivity contribution in [3.8, 4) is 0 Å². The Bertz CT molecular complexity index is 599. The summed E-state index contributed by atoms with van der Waals surface area (Å²) < 4.78 is 14.5. The first-order valence-corrected chi connectivity index (χ1v) is 6.49. The second kappa shape index (κ2) is 5.75. The molecule has 3 N–H and O–H groups in total. The van der Waals surface area contributed by atoms with Crippen LogP contribution in [0.4, 0.5) is 15.8 Å². The Labute approximate surface area is 114 Å². The second-order valence-corrected chi connectivity index (χ2v) is 4.97. The number of anilines is 2. The van der Waals surface area contributed by atoms with Crippen molar-refractivity contribution in [1.29, 1.82) is 0 Å². The molecule has 1 aromatic carbocycles. The summed E-state index contributed by atoms with van der Waals surface area (Å²) >= 11 is 1.37. The number of nitrogen functional groups attached to an aromatic ring is 1. The molecule has 5 nitrogen and oxygen atoms in total. The first kappa shape index (κ1) is 13.4. The smallest absolute Gasteiger partial charge is 0.234 e. The lowest BCUT2D eigenvalue weighted by Crippen LogP contribution is -2.15. The Morgan fingerprint density at radius 1 is 1.58 bits per heavy atom. The summed E-state index contributed by atoms with van der Waals surface area (Å²) in [6, 6.07) is 3.86. The van der Waals surface area contributed by atoms with Crippen molar-refractivity contribution in [2.45, 2.75) is 4.90 Å². The van der Waals surface area contributed by atoms with Crippen LogP contribution in [0.3, 0.4) is 0 Å². The van der Waals surface area contributed by atoms with Crippen LogP contribution in [0, 0.1) is 5.82 Å². The van der Waals surface area contributed by atoms with Gasteiger partial charge in [0, 0.05) is 18.1 Å². The number of rotatable bonds is 4. The van der Waals surface area contributed by atoms with Crippen LogP contribution in [0.5, 0.6) is 0 Å². The topological polar surface area (TPSA) is 72.9 Å². The van der Waals surface area contributed by atoms with E-state index in [2.05, 4.69) is 10.4 Å². The van der Waals surface area contributed by atoms with Gasteiger partial charge in [-0.05, 0) is 18.2 Å². The maximum Gasteiger partial charge on any atom is 0.234 e. The van der Waals surface area contributed by atoms with Gasteiger partial charge in [0.25, 0.3) is 0 Å². The Kier molecular flexibility index (Phi) is 4.06. The van der Waals surface area contributed by atoms with Crippen molar-refractivity contribution < 1.29 is 9.18 Å². The van der Waals surface area contributed by atoms with E-state index in [0.717, 1.165) is 4.90 Å². The minimum atomic E-state index is -0.430. The van der Waals surface area contributed by atoms with Gasteiger partial charge in [-0.15, -0.1) is 11.8 Å². The Morgan fingerprint density at radius 2 is 2.37 bits per heavy atom. The number of aromatic nitrogens is 2. The molecule has 100 valence electrons. The van der Waals surface area contributed by atoms with Crippen molar-refractivity contribution in [2.24, 2.45) is 7.05 Å².